The number of ether oxygens (including phenoxy) is 2. The van der Waals surface area contributed by atoms with Gasteiger partial charge in [-0.25, -0.2) is 4.98 Å². The van der Waals surface area contributed by atoms with Gasteiger partial charge in [0.2, 0.25) is 5.91 Å². The molecule has 2 heterocycles. The highest BCUT2D eigenvalue weighted by molar-refractivity contribution is 7.99. The zero-order chi connectivity index (χ0) is 23.4. The average molecular weight is 488 g/mol. The molecule has 0 atom stereocenters. The topological polar surface area (TPSA) is 99.5 Å². The van der Waals surface area contributed by atoms with Gasteiger partial charge in [0.15, 0.2) is 5.16 Å². The van der Waals surface area contributed by atoms with Crippen LogP contribution in [0.25, 0.3) is 15.9 Å². The Hall–Kier alpha value is -2.85. The zero-order valence-corrected chi connectivity index (χ0v) is 20.1. The van der Waals surface area contributed by atoms with E-state index in [9.17, 15) is 14.4 Å². The van der Waals surface area contributed by atoms with Gasteiger partial charge in [0.25, 0.3) is 5.56 Å². The molecule has 1 N–H and O–H groups in total. The van der Waals surface area contributed by atoms with E-state index in [4.69, 9.17) is 9.72 Å². The summed E-state index contributed by atoms with van der Waals surface area (Å²) < 4.78 is 11.4. The van der Waals surface area contributed by atoms with Crippen molar-refractivity contribution in [2.45, 2.75) is 37.3 Å². The number of amides is 1. The van der Waals surface area contributed by atoms with E-state index in [1.807, 2.05) is 0 Å². The Morgan fingerprint density at radius 3 is 2.64 bits per heavy atom. The lowest BCUT2D eigenvalue weighted by atomic mass is 10.1. The van der Waals surface area contributed by atoms with Crippen molar-refractivity contribution >= 4 is 45.2 Å². The number of benzene rings is 1. The van der Waals surface area contributed by atoms with Crippen molar-refractivity contribution in [2.75, 3.05) is 26.5 Å². The summed E-state index contributed by atoms with van der Waals surface area (Å²) in [6.07, 6.45) is 5.21. The number of carbonyl (C=O) groups is 2. The summed E-state index contributed by atoms with van der Waals surface area (Å²) in [7, 11) is 2.85. The number of hydrogen-bond donors (Lipinski definition) is 1. The highest BCUT2D eigenvalue weighted by atomic mass is 32.2. The summed E-state index contributed by atoms with van der Waals surface area (Å²) in [4.78, 5) is 44.1. The molecule has 10 heteroatoms. The van der Waals surface area contributed by atoms with Crippen molar-refractivity contribution in [3.63, 3.8) is 0 Å². The largest absolute Gasteiger partial charge is 0.497 e. The molecule has 0 aliphatic heterocycles. The molecule has 2 aromatic heterocycles. The Balaban J connectivity index is 1.74. The predicted molar refractivity (Wildman–Crippen MR) is 129 cm³/mol. The number of esters is 1. The molecule has 1 aliphatic carbocycles. The summed E-state index contributed by atoms with van der Waals surface area (Å²) in [5.74, 6) is -0.177. The highest BCUT2D eigenvalue weighted by Crippen LogP contribution is 2.34. The van der Waals surface area contributed by atoms with Crippen LogP contribution in [0.4, 0.5) is 0 Å². The molecule has 4 rings (SSSR count). The predicted octanol–water partition coefficient (Wildman–Crippen LogP) is 3.11. The normalized spacial score (nSPS) is 13.3. The Labute approximate surface area is 199 Å². The number of aromatic nitrogens is 2. The van der Waals surface area contributed by atoms with Crippen LogP contribution < -0.4 is 15.6 Å². The standard InChI is InChI=1S/C23H25N3O5S2/c1-30-15-10-8-14(9-11-15)26-22(29)20-16-6-4-3-5-7-17(16)33-21(20)25-23(26)32-13-18(27)24-12-19(28)31-2/h8-11H,3-7,12-13H2,1-2H3,(H,24,27). The van der Waals surface area contributed by atoms with E-state index in [1.165, 1.54) is 12.0 Å². The van der Waals surface area contributed by atoms with Crippen LogP contribution >= 0.6 is 23.1 Å². The number of nitrogens with one attached hydrogen (secondary N) is 1. The second-order valence-electron chi connectivity index (χ2n) is 7.62. The third-order valence-electron chi connectivity index (χ3n) is 5.53. The van der Waals surface area contributed by atoms with E-state index in [-0.39, 0.29) is 23.8 Å². The van der Waals surface area contributed by atoms with Crippen LogP contribution in [0.2, 0.25) is 0 Å². The maximum atomic E-state index is 13.8. The molecule has 33 heavy (non-hydrogen) atoms. The molecule has 0 radical (unpaired) electrons. The van der Waals surface area contributed by atoms with Gasteiger partial charge in [0.1, 0.15) is 17.1 Å². The minimum Gasteiger partial charge on any atom is -0.497 e. The van der Waals surface area contributed by atoms with Gasteiger partial charge in [-0.3, -0.25) is 19.0 Å². The van der Waals surface area contributed by atoms with E-state index >= 15 is 0 Å². The number of aryl methyl sites for hydroxylation is 2. The number of hydrogen-bond acceptors (Lipinski definition) is 8. The molecule has 174 valence electrons. The van der Waals surface area contributed by atoms with Crippen molar-refractivity contribution < 1.29 is 19.1 Å². The maximum absolute atomic E-state index is 13.8. The quantitative estimate of drug-likeness (QED) is 0.237. The summed E-state index contributed by atoms with van der Waals surface area (Å²) >= 11 is 2.74. The molecule has 8 nitrogen and oxygen atoms in total. The molecule has 0 saturated heterocycles. The second kappa shape index (κ2) is 10.4. The van der Waals surface area contributed by atoms with Gasteiger partial charge in [0, 0.05) is 4.88 Å². The maximum Gasteiger partial charge on any atom is 0.325 e. The van der Waals surface area contributed by atoms with Crippen molar-refractivity contribution in [1.82, 2.24) is 14.9 Å². The van der Waals surface area contributed by atoms with Gasteiger partial charge in [-0.05, 0) is 55.5 Å². The third kappa shape index (κ3) is 5.06. The highest BCUT2D eigenvalue weighted by Gasteiger charge is 2.22. The fraction of sp³-hybridized carbons (Fsp3) is 0.391. The SMILES string of the molecule is COC(=O)CNC(=O)CSc1nc2sc3c(c2c(=O)n1-c1ccc(OC)cc1)CCCCC3. The minimum atomic E-state index is -0.525. The molecule has 0 unspecified atom stereocenters. The number of thiophene rings is 1. The monoisotopic (exact) mass is 487 g/mol. The molecule has 1 amide bonds. The number of nitrogens with zero attached hydrogens (tertiary/aromatic N) is 2. The van der Waals surface area contributed by atoms with Crippen LogP contribution in [0, 0.1) is 0 Å². The van der Waals surface area contributed by atoms with Crippen molar-refractivity contribution in [3.8, 4) is 11.4 Å². The summed E-state index contributed by atoms with van der Waals surface area (Å²) in [5.41, 5.74) is 1.66. The Morgan fingerprint density at radius 2 is 1.91 bits per heavy atom. The second-order valence-corrected chi connectivity index (χ2v) is 9.65. The number of fused-ring (bicyclic) bond motifs is 3. The molecule has 0 spiro atoms. The molecule has 0 fully saturated rings. The van der Waals surface area contributed by atoms with Gasteiger partial charge in [0.05, 0.1) is 31.0 Å². The van der Waals surface area contributed by atoms with Crippen LogP contribution in [-0.2, 0) is 27.2 Å². The fourth-order valence-electron chi connectivity index (χ4n) is 3.84. The third-order valence-corrected chi connectivity index (χ3v) is 7.65. The Bertz CT molecular complexity index is 1230. The molecular weight excluding hydrogens is 462 g/mol. The van der Waals surface area contributed by atoms with E-state index in [0.717, 1.165) is 49.4 Å². The number of thioether (sulfide) groups is 1. The lowest BCUT2D eigenvalue weighted by molar-refractivity contribution is -0.140. The first-order valence-corrected chi connectivity index (χ1v) is 12.5. The molecule has 0 bridgehead atoms. The number of carbonyl (C=O) groups excluding carboxylic acids is 2. The molecule has 0 saturated carbocycles. The minimum absolute atomic E-state index is 0.0101. The molecule has 3 aromatic rings. The van der Waals surface area contributed by atoms with Gasteiger partial charge in [-0.15, -0.1) is 11.3 Å². The van der Waals surface area contributed by atoms with Crippen LogP contribution in [0.1, 0.15) is 29.7 Å². The number of rotatable bonds is 7. The van der Waals surface area contributed by atoms with Crippen LogP contribution in [0.15, 0.2) is 34.2 Å². The summed E-state index contributed by atoms with van der Waals surface area (Å²) in [6, 6.07) is 7.19. The van der Waals surface area contributed by atoms with Crippen LogP contribution in [0.5, 0.6) is 5.75 Å². The van der Waals surface area contributed by atoms with Crippen molar-refractivity contribution in [3.05, 3.63) is 45.1 Å². The molecule has 1 aliphatic rings. The first-order valence-electron chi connectivity index (χ1n) is 10.7. The lowest BCUT2D eigenvalue weighted by Crippen LogP contribution is -2.31. The van der Waals surface area contributed by atoms with Gasteiger partial charge < -0.3 is 14.8 Å². The first-order chi connectivity index (χ1) is 16.0. The van der Waals surface area contributed by atoms with Gasteiger partial charge >= 0.3 is 5.97 Å². The fourth-order valence-corrected chi connectivity index (χ4v) is 5.99. The van der Waals surface area contributed by atoms with E-state index < -0.39 is 5.97 Å². The zero-order valence-electron chi connectivity index (χ0n) is 18.5. The van der Waals surface area contributed by atoms with E-state index in [0.29, 0.717) is 26.8 Å². The summed E-state index contributed by atoms with van der Waals surface area (Å²) in [6.45, 7) is -0.203. The van der Waals surface area contributed by atoms with Crippen LogP contribution in [-0.4, -0.2) is 47.9 Å². The van der Waals surface area contributed by atoms with E-state index in [1.54, 1.807) is 47.3 Å². The van der Waals surface area contributed by atoms with Gasteiger partial charge in [-0.1, -0.05) is 18.2 Å². The smallest absolute Gasteiger partial charge is 0.325 e. The van der Waals surface area contributed by atoms with Crippen molar-refractivity contribution in [1.29, 1.82) is 0 Å². The molecular formula is C23H25N3O5S2. The molecule has 1 aromatic carbocycles. The van der Waals surface area contributed by atoms with Crippen LogP contribution in [0.3, 0.4) is 0 Å². The van der Waals surface area contributed by atoms with Crippen molar-refractivity contribution in [2.24, 2.45) is 0 Å². The summed E-state index contributed by atoms with van der Waals surface area (Å²) in [5, 5.41) is 3.63. The van der Waals surface area contributed by atoms with Gasteiger partial charge in [-0.2, -0.15) is 0 Å². The average Bonchev–Trinajstić information content (AvgIpc) is 3.02. The first kappa shape index (κ1) is 23.3. The van der Waals surface area contributed by atoms with E-state index in [2.05, 4.69) is 10.1 Å². The number of methoxy groups -OCH3 is 2. The Kier molecular flexibility index (Phi) is 7.34. The Morgan fingerprint density at radius 1 is 1.15 bits per heavy atom. The lowest BCUT2D eigenvalue weighted by Gasteiger charge is -2.13.